The second-order valence-electron chi connectivity index (χ2n) is 6.74. The largest absolute Gasteiger partial charge is 0.490 e. The zero-order chi connectivity index (χ0) is 22.2. The van der Waals surface area contributed by atoms with E-state index in [-0.39, 0.29) is 17.7 Å². The fourth-order valence-corrected chi connectivity index (χ4v) is 3.23. The summed E-state index contributed by atoms with van der Waals surface area (Å²) < 4.78 is 11.3. The minimum Gasteiger partial charge on any atom is -0.490 e. The number of benzene rings is 3. The molecule has 3 aromatic rings. The van der Waals surface area contributed by atoms with Crippen molar-refractivity contribution in [1.29, 1.82) is 0 Å². The van der Waals surface area contributed by atoms with Gasteiger partial charge in [0.25, 0.3) is 5.91 Å². The fourth-order valence-electron chi connectivity index (χ4n) is 3.05. The highest BCUT2D eigenvalue weighted by Crippen LogP contribution is 2.25. The Kier molecular flexibility index (Phi) is 7.51. The number of rotatable bonds is 9. The third kappa shape index (κ3) is 5.99. The van der Waals surface area contributed by atoms with Crippen LogP contribution in [-0.2, 0) is 0 Å². The third-order valence-electron chi connectivity index (χ3n) is 4.54. The maximum absolute atomic E-state index is 12.9. The number of halogens is 1. The average molecular weight is 440 g/mol. The Bertz CT molecular complexity index is 1050. The standard InChI is InChI=1S/C24H22ClNO5/c1-16(19-9-5-6-10-20(19)24(28)29)26-23(27)21-15-17(25)11-12-22(21)31-14-13-30-18-7-3-2-4-8-18/h2-12,15-16H,13-14H2,1H3,(H,26,27)(H,28,29)/t16-/m0/s1. The van der Waals surface area contributed by atoms with Gasteiger partial charge in [0.1, 0.15) is 24.7 Å². The van der Waals surface area contributed by atoms with Gasteiger partial charge >= 0.3 is 5.97 Å². The van der Waals surface area contributed by atoms with Gasteiger partial charge in [-0.05, 0) is 48.9 Å². The van der Waals surface area contributed by atoms with Gasteiger partial charge in [0.2, 0.25) is 0 Å². The van der Waals surface area contributed by atoms with Gasteiger partial charge in [-0.25, -0.2) is 4.79 Å². The Morgan fingerprint density at radius 1 is 0.935 bits per heavy atom. The molecule has 0 aromatic heterocycles. The number of carboxylic acid groups (broad SMARTS) is 1. The lowest BCUT2D eigenvalue weighted by Crippen LogP contribution is -2.28. The van der Waals surface area contributed by atoms with E-state index in [1.165, 1.54) is 12.1 Å². The number of para-hydroxylation sites is 1. The minimum atomic E-state index is -1.05. The van der Waals surface area contributed by atoms with Crippen LogP contribution in [-0.4, -0.2) is 30.2 Å². The summed E-state index contributed by atoms with van der Waals surface area (Å²) in [5.41, 5.74) is 0.895. The van der Waals surface area contributed by atoms with E-state index < -0.39 is 17.9 Å². The molecule has 0 spiro atoms. The summed E-state index contributed by atoms with van der Waals surface area (Å²) in [6.07, 6.45) is 0. The van der Waals surface area contributed by atoms with E-state index in [1.54, 1.807) is 37.3 Å². The van der Waals surface area contributed by atoms with Gasteiger partial charge in [0.15, 0.2) is 0 Å². The molecule has 0 aliphatic rings. The molecule has 3 rings (SSSR count). The molecule has 7 heteroatoms. The van der Waals surface area contributed by atoms with Crippen LogP contribution in [0.5, 0.6) is 11.5 Å². The molecule has 0 saturated carbocycles. The smallest absolute Gasteiger partial charge is 0.336 e. The predicted octanol–water partition coefficient (Wildman–Crippen LogP) is 4.99. The Morgan fingerprint density at radius 3 is 2.35 bits per heavy atom. The van der Waals surface area contributed by atoms with E-state index in [1.807, 2.05) is 30.3 Å². The molecule has 0 unspecified atom stereocenters. The number of carbonyl (C=O) groups excluding carboxylic acids is 1. The topological polar surface area (TPSA) is 84.9 Å². The molecular formula is C24H22ClNO5. The van der Waals surface area contributed by atoms with E-state index in [2.05, 4.69) is 5.32 Å². The van der Waals surface area contributed by atoms with Crippen molar-refractivity contribution in [1.82, 2.24) is 5.32 Å². The quantitative estimate of drug-likeness (QED) is 0.459. The molecule has 0 aliphatic carbocycles. The number of hydrogen-bond acceptors (Lipinski definition) is 4. The molecule has 0 radical (unpaired) electrons. The highest BCUT2D eigenvalue weighted by Gasteiger charge is 2.20. The van der Waals surface area contributed by atoms with Gasteiger partial charge < -0.3 is 19.9 Å². The molecule has 2 N–H and O–H groups in total. The van der Waals surface area contributed by atoms with Crippen LogP contribution in [0.25, 0.3) is 0 Å². The van der Waals surface area contributed by atoms with Gasteiger partial charge in [-0.2, -0.15) is 0 Å². The van der Waals surface area contributed by atoms with Crippen LogP contribution in [0.4, 0.5) is 0 Å². The summed E-state index contributed by atoms with van der Waals surface area (Å²) in [7, 11) is 0. The average Bonchev–Trinajstić information content (AvgIpc) is 2.78. The van der Waals surface area contributed by atoms with Crippen molar-refractivity contribution in [3.8, 4) is 11.5 Å². The molecule has 0 saturated heterocycles. The van der Waals surface area contributed by atoms with Crippen LogP contribution < -0.4 is 14.8 Å². The lowest BCUT2D eigenvalue weighted by molar-refractivity contribution is 0.0693. The highest BCUT2D eigenvalue weighted by atomic mass is 35.5. The molecule has 0 fully saturated rings. The predicted molar refractivity (Wildman–Crippen MR) is 118 cm³/mol. The molecule has 0 aliphatic heterocycles. The minimum absolute atomic E-state index is 0.135. The summed E-state index contributed by atoms with van der Waals surface area (Å²) in [6, 6.07) is 20.1. The molecule has 0 bridgehead atoms. The number of aromatic carboxylic acids is 1. The van der Waals surface area contributed by atoms with Gasteiger partial charge in [0, 0.05) is 5.02 Å². The maximum atomic E-state index is 12.9. The van der Waals surface area contributed by atoms with Crippen molar-refractivity contribution in [2.45, 2.75) is 13.0 Å². The summed E-state index contributed by atoms with van der Waals surface area (Å²) >= 11 is 6.08. The van der Waals surface area contributed by atoms with Crippen LogP contribution >= 0.6 is 11.6 Å². The Hall–Kier alpha value is -3.51. The summed E-state index contributed by atoms with van der Waals surface area (Å²) in [6.45, 7) is 2.25. The molecule has 6 nitrogen and oxygen atoms in total. The summed E-state index contributed by atoms with van der Waals surface area (Å²) in [5.74, 6) is -0.389. The van der Waals surface area contributed by atoms with Crippen molar-refractivity contribution in [3.05, 3.63) is 94.5 Å². The monoisotopic (exact) mass is 439 g/mol. The summed E-state index contributed by atoms with van der Waals surface area (Å²) in [5, 5.41) is 12.6. The first-order valence-electron chi connectivity index (χ1n) is 9.69. The van der Waals surface area contributed by atoms with E-state index in [4.69, 9.17) is 21.1 Å². The molecule has 3 aromatic carbocycles. The molecule has 1 amide bonds. The van der Waals surface area contributed by atoms with E-state index in [9.17, 15) is 14.7 Å². The van der Waals surface area contributed by atoms with Crippen molar-refractivity contribution in [2.24, 2.45) is 0 Å². The lowest BCUT2D eigenvalue weighted by atomic mass is 10.0. The number of ether oxygens (including phenoxy) is 2. The molecular weight excluding hydrogens is 418 g/mol. The van der Waals surface area contributed by atoms with E-state index >= 15 is 0 Å². The fraction of sp³-hybridized carbons (Fsp3) is 0.167. The maximum Gasteiger partial charge on any atom is 0.336 e. The number of hydrogen-bond donors (Lipinski definition) is 2. The summed E-state index contributed by atoms with van der Waals surface area (Å²) in [4.78, 5) is 24.4. The van der Waals surface area contributed by atoms with Gasteiger partial charge in [-0.3, -0.25) is 4.79 Å². The number of carboxylic acids is 1. The van der Waals surface area contributed by atoms with E-state index in [0.717, 1.165) is 5.75 Å². The van der Waals surface area contributed by atoms with Crippen LogP contribution in [0.1, 0.15) is 39.2 Å². The second-order valence-corrected chi connectivity index (χ2v) is 7.17. The van der Waals surface area contributed by atoms with Crippen LogP contribution in [0.15, 0.2) is 72.8 Å². The second kappa shape index (κ2) is 10.5. The van der Waals surface area contributed by atoms with Crippen molar-refractivity contribution >= 4 is 23.5 Å². The third-order valence-corrected chi connectivity index (χ3v) is 4.78. The van der Waals surface area contributed by atoms with Crippen molar-refractivity contribution in [2.75, 3.05) is 13.2 Å². The highest BCUT2D eigenvalue weighted by molar-refractivity contribution is 6.31. The first-order valence-corrected chi connectivity index (χ1v) is 10.1. The molecule has 0 heterocycles. The Morgan fingerprint density at radius 2 is 1.61 bits per heavy atom. The lowest BCUT2D eigenvalue weighted by Gasteiger charge is -2.18. The molecule has 160 valence electrons. The van der Waals surface area contributed by atoms with Gasteiger partial charge in [-0.1, -0.05) is 48.0 Å². The number of amides is 1. The zero-order valence-electron chi connectivity index (χ0n) is 16.9. The molecule has 31 heavy (non-hydrogen) atoms. The Balaban J connectivity index is 1.68. The Labute approximate surface area is 185 Å². The molecule has 1 atom stereocenters. The number of carbonyl (C=O) groups is 2. The number of nitrogens with one attached hydrogen (secondary N) is 1. The van der Waals surface area contributed by atoms with E-state index in [0.29, 0.717) is 22.9 Å². The normalized spacial score (nSPS) is 11.4. The van der Waals surface area contributed by atoms with Crippen LogP contribution in [0.3, 0.4) is 0 Å². The first-order chi connectivity index (χ1) is 15.0. The van der Waals surface area contributed by atoms with Gasteiger partial charge in [-0.15, -0.1) is 0 Å². The van der Waals surface area contributed by atoms with Crippen molar-refractivity contribution in [3.63, 3.8) is 0 Å². The zero-order valence-corrected chi connectivity index (χ0v) is 17.6. The van der Waals surface area contributed by atoms with Crippen LogP contribution in [0, 0.1) is 0 Å². The SMILES string of the molecule is C[C@H](NC(=O)c1cc(Cl)ccc1OCCOc1ccccc1)c1ccccc1C(=O)O. The van der Waals surface area contributed by atoms with Gasteiger partial charge in [0.05, 0.1) is 17.2 Å². The first kappa shape index (κ1) is 22.2. The van der Waals surface area contributed by atoms with Crippen LogP contribution in [0.2, 0.25) is 5.02 Å². The van der Waals surface area contributed by atoms with Crippen molar-refractivity contribution < 1.29 is 24.2 Å².